The average Bonchev–Trinajstić information content (AvgIpc) is 2.83. The summed E-state index contributed by atoms with van der Waals surface area (Å²) < 4.78 is 42.3. The minimum absolute atomic E-state index is 0.326. The van der Waals surface area contributed by atoms with Crippen LogP contribution in [0.4, 0.5) is 13.2 Å². The zero-order valence-corrected chi connectivity index (χ0v) is 9.60. The van der Waals surface area contributed by atoms with E-state index in [1.165, 1.54) is 0 Å². The van der Waals surface area contributed by atoms with Crippen LogP contribution in [0.2, 0.25) is 0 Å². The Labute approximate surface area is 99.1 Å². The van der Waals surface area contributed by atoms with Crippen LogP contribution in [0.5, 0.6) is 0 Å². The highest BCUT2D eigenvalue weighted by molar-refractivity contribution is 7.11. The fourth-order valence-electron chi connectivity index (χ4n) is 1.32. The van der Waals surface area contributed by atoms with Crippen LogP contribution in [0.15, 0.2) is 22.7 Å². The second kappa shape index (κ2) is 4.15. The van der Waals surface area contributed by atoms with Crippen molar-refractivity contribution < 1.29 is 17.6 Å². The second-order valence-electron chi connectivity index (χ2n) is 3.49. The van der Waals surface area contributed by atoms with E-state index >= 15 is 0 Å². The lowest BCUT2D eigenvalue weighted by Gasteiger charge is -2.04. The van der Waals surface area contributed by atoms with Crippen molar-refractivity contribution in [2.45, 2.75) is 19.1 Å². The Balaban J connectivity index is 2.26. The molecule has 0 amide bonds. The lowest BCUT2D eigenvalue weighted by Crippen LogP contribution is -2.09. The molecule has 0 aliphatic heterocycles. The Morgan fingerprint density at radius 3 is 2.59 bits per heavy atom. The molecule has 1 atom stereocenters. The molecular weight excluding hydrogens is 253 g/mol. The first-order valence-corrected chi connectivity index (χ1v) is 5.54. The molecule has 1 unspecified atom stereocenters. The Morgan fingerprint density at radius 2 is 2.12 bits per heavy atom. The lowest BCUT2D eigenvalue weighted by molar-refractivity contribution is -0.137. The van der Waals surface area contributed by atoms with Gasteiger partial charge in [-0.3, -0.25) is 0 Å². The smallest absolute Gasteiger partial charge is 0.443 e. The van der Waals surface area contributed by atoms with Gasteiger partial charge < -0.3 is 10.2 Å². The first-order chi connectivity index (χ1) is 7.88. The number of hydrogen-bond donors (Lipinski definition) is 1. The van der Waals surface area contributed by atoms with Crippen LogP contribution < -0.4 is 5.73 Å². The maximum atomic E-state index is 12.4. The van der Waals surface area contributed by atoms with Crippen molar-refractivity contribution in [1.29, 1.82) is 0 Å². The quantitative estimate of drug-likeness (QED) is 0.904. The molecule has 2 heterocycles. The van der Waals surface area contributed by atoms with Gasteiger partial charge in [0.1, 0.15) is 11.5 Å². The van der Waals surface area contributed by atoms with Gasteiger partial charge >= 0.3 is 6.18 Å². The molecule has 0 aromatic carbocycles. The number of aryl methyl sites for hydroxylation is 1. The molecule has 2 N–H and O–H groups in total. The monoisotopic (exact) mass is 262 g/mol. The molecule has 0 spiro atoms. The van der Waals surface area contributed by atoms with Gasteiger partial charge in [-0.15, -0.1) is 11.3 Å². The summed E-state index contributed by atoms with van der Waals surface area (Å²) in [6.07, 6.45) is -3.29. The number of aromatic nitrogens is 1. The summed E-state index contributed by atoms with van der Waals surface area (Å²) in [6.45, 7) is 1.74. The van der Waals surface area contributed by atoms with Crippen molar-refractivity contribution >= 4 is 11.3 Å². The van der Waals surface area contributed by atoms with Gasteiger partial charge in [0.2, 0.25) is 0 Å². The number of nitrogens with two attached hydrogens (primary N) is 1. The minimum atomic E-state index is -4.43. The molecule has 0 aliphatic carbocycles. The summed E-state index contributed by atoms with van der Waals surface area (Å²) in [7, 11) is 0. The molecular formula is C10H9F3N2OS. The molecule has 2 aromatic heterocycles. The molecule has 17 heavy (non-hydrogen) atoms. The number of rotatable bonds is 2. The van der Waals surface area contributed by atoms with Gasteiger partial charge in [-0.1, -0.05) is 0 Å². The second-order valence-corrected chi connectivity index (χ2v) is 4.55. The number of thiazole rings is 1. The standard InChI is InChI=1S/C10H9F3N2OS/c1-5-2-3-6(16-5)8(14)7-4-15-9(17-7)10(11,12)13/h2-4,8H,14H2,1H3. The largest absolute Gasteiger partial charge is 0.464 e. The molecule has 0 saturated heterocycles. The van der Waals surface area contributed by atoms with Gasteiger partial charge in [0, 0.05) is 11.1 Å². The van der Waals surface area contributed by atoms with E-state index in [-0.39, 0.29) is 0 Å². The van der Waals surface area contributed by atoms with Gasteiger partial charge in [-0.2, -0.15) is 13.2 Å². The molecule has 2 aromatic rings. The predicted molar refractivity (Wildman–Crippen MR) is 56.6 cm³/mol. The maximum Gasteiger partial charge on any atom is 0.443 e. The minimum Gasteiger partial charge on any atom is -0.464 e. The van der Waals surface area contributed by atoms with Crippen molar-refractivity contribution in [3.8, 4) is 0 Å². The van der Waals surface area contributed by atoms with Crippen molar-refractivity contribution in [2.75, 3.05) is 0 Å². The highest BCUT2D eigenvalue weighted by Crippen LogP contribution is 2.35. The predicted octanol–water partition coefficient (Wildman–Crippen LogP) is 3.11. The summed E-state index contributed by atoms with van der Waals surface area (Å²) in [5.41, 5.74) is 5.80. The third kappa shape index (κ3) is 2.50. The Hall–Kier alpha value is -1.34. The summed E-state index contributed by atoms with van der Waals surface area (Å²) in [6, 6.07) is 2.64. The van der Waals surface area contributed by atoms with Gasteiger partial charge in [0.15, 0.2) is 5.01 Å². The van der Waals surface area contributed by atoms with E-state index in [4.69, 9.17) is 10.2 Å². The molecule has 7 heteroatoms. The molecule has 92 valence electrons. The fraction of sp³-hybridized carbons (Fsp3) is 0.300. The van der Waals surface area contributed by atoms with E-state index in [1.54, 1.807) is 19.1 Å². The van der Waals surface area contributed by atoms with E-state index in [0.717, 1.165) is 6.20 Å². The van der Waals surface area contributed by atoms with E-state index in [0.29, 0.717) is 27.7 Å². The van der Waals surface area contributed by atoms with Crippen molar-refractivity contribution in [3.63, 3.8) is 0 Å². The van der Waals surface area contributed by atoms with Crippen LogP contribution in [-0.2, 0) is 6.18 Å². The van der Waals surface area contributed by atoms with E-state index in [1.807, 2.05) is 0 Å². The summed E-state index contributed by atoms with van der Waals surface area (Å²) in [5, 5.41) is -0.897. The summed E-state index contributed by atoms with van der Waals surface area (Å²) in [5.74, 6) is 1.09. The molecule has 2 rings (SSSR count). The molecule has 0 aliphatic rings. The van der Waals surface area contributed by atoms with Crippen LogP contribution in [0, 0.1) is 6.92 Å². The van der Waals surface area contributed by atoms with Crippen LogP contribution >= 0.6 is 11.3 Å². The summed E-state index contributed by atoms with van der Waals surface area (Å²) in [4.78, 5) is 3.64. The van der Waals surface area contributed by atoms with E-state index in [2.05, 4.69) is 4.98 Å². The van der Waals surface area contributed by atoms with Crippen LogP contribution in [0.3, 0.4) is 0 Å². The van der Waals surface area contributed by atoms with Crippen LogP contribution in [0.1, 0.15) is 27.4 Å². The van der Waals surface area contributed by atoms with Crippen LogP contribution in [0.25, 0.3) is 0 Å². The molecule has 0 radical (unpaired) electrons. The zero-order valence-electron chi connectivity index (χ0n) is 8.78. The average molecular weight is 262 g/mol. The summed E-state index contributed by atoms with van der Waals surface area (Å²) >= 11 is 0.531. The zero-order chi connectivity index (χ0) is 12.6. The van der Waals surface area contributed by atoms with E-state index in [9.17, 15) is 13.2 Å². The highest BCUT2D eigenvalue weighted by atomic mass is 32.1. The van der Waals surface area contributed by atoms with Gasteiger partial charge in [-0.25, -0.2) is 4.98 Å². The fourth-order valence-corrected chi connectivity index (χ4v) is 2.12. The molecule has 0 fully saturated rings. The van der Waals surface area contributed by atoms with E-state index < -0.39 is 17.2 Å². The molecule has 3 nitrogen and oxygen atoms in total. The Morgan fingerprint density at radius 1 is 1.41 bits per heavy atom. The van der Waals surface area contributed by atoms with Crippen molar-refractivity contribution in [2.24, 2.45) is 5.73 Å². The highest BCUT2D eigenvalue weighted by Gasteiger charge is 2.35. The van der Waals surface area contributed by atoms with Gasteiger partial charge in [0.05, 0.1) is 6.04 Å². The lowest BCUT2D eigenvalue weighted by atomic mass is 10.2. The topological polar surface area (TPSA) is 52.0 Å². The number of alkyl halides is 3. The first kappa shape index (κ1) is 12.1. The third-order valence-corrected chi connectivity index (χ3v) is 3.27. The van der Waals surface area contributed by atoms with Gasteiger partial charge in [0.25, 0.3) is 0 Å². The normalized spacial score (nSPS) is 13.9. The number of hydrogen-bond acceptors (Lipinski definition) is 4. The Kier molecular flexibility index (Phi) is 2.96. The molecule has 0 bridgehead atoms. The number of nitrogens with zero attached hydrogens (tertiary/aromatic N) is 1. The Bertz CT molecular complexity index is 518. The number of furan rings is 1. The maximum absolute atomic E-state index is 12.4. The van der Waals surface area contributed by atoms with Crippen molar-refractivity contribution in [3.05, 3.63) is 39.7 Å². The first-order valence-electron chi connectivity index (χ1n) is 4.73. The van der Waals surface area contributed by atoms with Crippen LogP contribution in [-0.4, -0.2) is 4.98 Å². The number of halogens is 3. The molecule has 0 saturated carbocycles. The SMILES string of the molecule is Cc1ccc(C(N)c2cnc(C(F)(F)F)s2)o1. The van der Waals surface area contributed by atoms with Crippen molar-refractivity contribution in [1.82, 2.24) is 4.98 Å². The third-order valence-electron chi connectivity index (χ3n) is 2.14. The van der Waals surface area contributed by atoms with Gasteiger partial charge in [-0.05, 0) is 19.1 Å².